The van der Waals surface area contributed by atoms with Gasteiger partial charge in [0.2, 0.25) is 5.82 Å². The average molecular weight is 504 g/mol. The molecule has 2 N–H and O–H groups in total. The van der Waals surface area contributed by atoms with E-state index in [-0.39, 0.29) is 12.5 Å². The number of carbonyl (C=O) groups excluding carboxylic acids is 1. The number of halogens is 1. The number of rotatable bonds is 7. The summed E-state index contributed by atoms with van der Waals surface area (Å²) in [6.45, 7) is 2.37. The zero-order valence-electron chi connectivity index (χ0n) is 19.3. The number of nitrogens with one attached hydrogen (secondary N) is 1. The van der Waals surface area contributed by atoms with E-state index < -0.39 is 0 Å². The summed E-state index contributed by atoms with van der Waals surface area (Å²) in [5.74, 6) is 0.135. The Bertz CT molecular complexity index is 1600. The number of nitrogens with zero attached hydrogens (tertiary/aromatic N) is 8. The summed E-state index contributed by atoms with van der Waals surface area (Å²) in [5, 5.41) is 33.9. The molecule has 6 rings (SSSR count). The minimum Gasteiger partial charge on any atom is -0.394 e. The van der Waals surface area contributed by atoms with Crippen LogP contribution in [0.5, 0.6) is 0 Å². The molecule has 0 spiro atoms. The number of tetrazole rings is 1. The van der Waals surface area contributed by atoms with Crippen LogP contribution < -0.4 is 5.32 Å². The molecule has 1 fully saturated rings. The van der Waals surface area contributed by atoms with Gasteiger partial charge < -0.3 is 10.4 Å². The summed E-state index contributed by atoms with van der Waals surface area (Å²) in [6, 6.07) is 9.37. The van der Waals surface area contributed by atoms with Crippen molar-refractivity contribution < 1.29 is 9.90 Å². The van der Waals surface area contributed by atoms with Gasteiger partial charge in [0.05, 0.1) is 53.4 Å². The van der Waals surface area contributed by atoms with E-state index in [4.69, 9.17) is 11.6 Å². The van der Waals surface area contributed by atoms with Gasteiger partial charge in [0, 0.05) is 23.0 Å². The average Bonchev–Trinajstić information content (AvgIpc) is 3.28. The largest absolute Gasteiger partial charge is 0.394 e. The van der Waals surface area contributed by atoms with Crippen LogP contribution in [0.2, 0.25) is 5.02 Å². The molecule has 0 saturated heterocycles. The molecule has 4 heterocycles. The smallest absolute Gasteiger partial charge is 0.259 e. The molecule has 1 aliphatic carbocycles. The van der Waals surface area contributed by atoms with Crippen LogP contribution in [0.4, 0.5) is 5.69 Å². The van der Waals surface area contributed by atoms with Crippen molar-refractivity contribution in [2.75, 3.05) is 11.9 Å². The Morgan fingerprint density at radius 2 is 2.03 bits per heavy atom. The summed E-state index contributed by atoms with van der Waals surface area (Å²) in [4.78, 5) is 14.9. The fourth-order valence-corrected chi connectivity index (χ4v) is 4.29. The second-order valence-corrected chi connectivity index (χ2v) is 9.11. The summed E-state index contributed by atoms with van der Waals surface area (Å²) in [6.07, 6.45) is 7.20. The van der Waals surface area contributed by atoms with E-state index in [1.54, 1.807) is 44.6 Å². The first-order valence-electron chi connectivity index (χ1n) is 11.5. The highest BCUT2D eigenvalue weighted by molar-refractivity contribution is 6.34. The quantitative estimate of drug-likeness (QED) is 0.348. The molecule has 1 saturated carbocycles. The minimum atomic E-state index is -0.344. The molecule has 0 atom stereocenters. The topological polar surface area (TPSA) is 128 Å². The molecule has 12 heteroatoms. The van der Waals surface area contributed by atoms with Crippen LogP contribution in [0, 0.1) is 6.92 Å². The van der Waals surface area contributed by atoms with Crippen molar-refractivity contribution in [3.05, 3.63) is 65.2 Å². The van der Waals surface area contributed by atoms with Crippen molar-refractivity contribution in [2.45, 2.75) is 32.4 Å². The SMILES string of the molecule is Cc1c(-c2ccn3ncc(C(=O)Nc4cc(-c5nnn(C6CC6)n5)ccc4Cl)c3c2)cnn1CCO. The predicted octanol–water partition coefficient (Wildman–Crippen LogP) is 3.39. The van der Waals surface area contributed by atoms with E-state index in [9.17, 15) is 9.90 Å². The standard InChI is InChI=1S/C24H22ClN9O2/c1-14-18(12-26-32(14)8-9-35)15-6-7-33-22(11-15)19(13-27-33)24(36)28-21-10-16(2-5-20(21)25)23-29-31-34(30-23)17-3-4-17/h2,5-7,10-13,17,35H,3-4,8-9H2,1H3,(H,28,36). The van der Waals surface area contributed by atoms with E-state index in [0.29, 0.717) is 45.8 Å². The van der Waals surface area contributed by atoms with Gasteiger partial charge in [-0.2, -0.15) is 15.0 Å². The van der Waals surface area contributed by atoms with Crippen LogP contribution >= 0.6 is 11.6 Å². The van der Waals surface area contributed by atoms with Crippen LogP contribution in [0.1, 0.15) is 34.9 Å². The second kappa shape index (κ2) is 8.85. The first-order chi connectivity index (χ1) is 17.5. The van der Waals surface area contributed by atoms with Crippen LogP contribution in [0.3, 0.4) is 0 Å². The Hall–Kier alpha value is -4.09. The molecule has 1 amide bonds. The number of fused-ring (bicyclic) bond motifs is 1. The molecular formula is C24H22ClN9O2. The van der Waals surface area contributed by atoms with Gasteiger partial charge in [0.15, 0.2) is 0 Å². The Morgan fingerprint density at radius 3 is 2.83 bits per heavy atom. The first kappa shape index (κ1) is 22.4. The lowest BCUT2D eigenvalue weighted by Crippen LogP contribution is -2.12. The van der Waals surface area contributed by atoms with Gasteiger partial charge >= 0.3 is 0 Å². The number of aliphatic hydroxyl groups is 1. The molecule has 0 bridgehead atoms. The van der Waals surface area contributed by atoms with E-state index in [0.717, 1.165) is 29.7 Å². The van der Waals surface area contributed by atoms with Crippen molar-refractivity contribution in [3.63, 3.8) is 0 Å². The number of benzene rings is 1. The van der Waals surface area contributed by atoms with Crippen molar-refractivity contribution in [2.24, 2.45) is 0 Å². The molecule has 4 aromatic heterocycles. The molecule has 1 aromatic carbocycles. The van der Waals surface area contributed by atoms with Crippen molar-refractivity contribution in [1.82, 2.24) is 39.6 Å². The van der Waals surface area contributed by atoms with Gasteiger partial charge in [-0.1, -0.05) is 11.6 Å². The lowest BCUT2D eigenvalue weighted by Gasteiger charge is -2.08. The highest BCUT2D eigenvalue weighted by atomic mass is 35.5. The van der Waals surface area contributed by atoms with Crippen LogP contribution in [-0.4, -0.2) is 57.2 Å². The van der Waals surface area contributed by atoms with Crippen molar-refractivity contribution in [3.8, 4) is 22.5 Å². The maximum atomic E-state index is 13.3. The lowest BCUT2D eigenvalue weighted by atomic mass is 10.1. The van der Waals surface area contributed by atoms with Gasteiger partial charge in [-0.15, -0.1) is 10.2 Å². The zero-order valence-corrected chi connectivity index (χ0v) is 20.1. The number of hydrogen-bond acceptors (Lipinski definition) is 7. The van der Waals surface area contributed by atoms with Crippen LogP contribution in [0.25, 0.3) is 28.0 Å². The van der Waals surface area contributed by atoms with Gasteiger partial charge in [-0.25, -0.2) is 4.52 Å². The summed E-state index contributed by atoms with van der Waals surface area (Å²) < 4.78 is 3.39. The van der Waals surface area contributed by atoms with Crippen LogP contribution in [-0.2, 0) is 6.54 Å². The highest BCUT2D eigenvalue weighted by Gasteiger charge is 2.26. The van der Waals surface area contributed by atoms with E-state index in [1.807, 2.05) is 19.1 Å². The predicted molar refractivity (Wildman–Crippen MR) is 133 cm³/mol. The number of carbonyl (C=O) groups is 1. The number of pyridine rings is 1. The third kappa shape index (κ3) is 4.01. The zero-order chi connectivity index (χ0) is 24.8. The summed E-state index contributed by atoms with van der Waals surface area (Å²) in [5.41, 5.74) is 4.93. The molecule has 0 aliphatic heterocycles. The van der Waals surface area contributed by atoms with Crippen molar-refractivity contribution in [1.29, 1.82) is 0 Å². The molecule has 0 radical (unpaired) electrons. The van der Waals surface area contributed by atoms with E-state index in [2.05, 4.69) is 30.9 Å². The Balaban J connectivity index is 1.29. The van der Waals surface area contributed by atoms with Gasteiger partial charge in [0.25, 0.3) is 5.91 Å². The monoisotopic (exact) mass is 503 g/mol. The summed E-state index contributed by atoms with van der Waals surface area (Å²) in [7, 11) is 0. The number of aromatic nitrogens is 8. The molecule has 5 aromatic rings. The fraction of sp³-hybridized carbons (Fsp3) is 0.250. The third-order valence-corrected chi connectivity index (χ3v) is 6.60. The molecule has 0 unspecified atom stereocenters. The van der Waals surface area contributed by atoms with Gasteiger partial charge in [-0.05, 0) is 60.9 Å². The highest BCUT2D eigenvalue weighted by Crippen LogP contribution is 2.34. The number of aliphatic hydroxyl groups excluding tert-OH is 1. The lowest BCUT2D eigenvalue weighted by molar-refractivity contribution is 0.102. The number of amides is 1. The Labute approximate surface area is 210 Å². The Morgan fingerprint density at radius 1 is 1.17 bits per heavy atom. The second-order valence-electron chi connectivity index (χ2n) is 8.71. The maximum absolute atomic E-state index is 13.3. The normalized spacial score (nSPS) is 13.4. The molecule has 11 nitrogen and oxygen atoms in total. The van der Waals surface area contributed by atoms with Crippen molar-refractivity contribution >= 4 is 28.7 Å². The first-order valence-corrected chi connectivity index (χ1v) is 11.9. The number of anilines is 1. The van der Waals surface area contributed by atoms with Gasteiger partial charge in [-0.3, -0.25) is 9.48 Å². The minimum absolute atomic E-state index is 0.00663. The number of hydrogen-bond donors (Lipinski definition) is 2. The molecule has 182 valence electrons. The summed E-state index contributed by atoms with van der Waals surface area (Å²) >= 11 is 6.40. The fourth-order valence-electron chi connectivity index (χ4n) is 4.12. The van der Waals surface area contributed by atoms with E-state index >= 15 is 0 Å². The Kier molecular flexibility index (Phi) is 5.50. The van der Waals surface area contributed by atoms with E-state index in [1.165, 1.54) is 6.20 Å². The third-order valence-electron chi connectivity index (χ3n) is 6.27. The van der Waals surface area contributed by atoms with Gasteiger partial charge in [0.1, 0.15) is 0 Å². The van der Waals surface area contributed by atoms with Crippen LogP contribution in [0.15, 0.2) is 48.9 Å². The molecule has 36 heavy (non-hydrogen) atoms. The molecular weight excluding hydrogens is 482 g/mol. The maximum Gasteiger partial charge on any atom is 0.259 e. The molecule has 1 aliphatic rings.